The summed E-state index contributed by atoms with van der Waals surface area (Å²) in [6.45, 7) is 6.19. The van der Waals surface area contributed by atoms with E-state index in [1.165, 1.54) is 38.6 Å². The van der Waals surface area contributed by atoms with E-state index in [9.17, 15) is 4.79 Å². The number of nitrogens with zero attached hydrogens (tertiary/aromatic N) is 1. The molecular formula is C18H31NO2. The number of carbonyl (C=O) groups is 1. The molecule has 21 heavy (non-hydrogen) atoms. The van der Waals surface area contributed by atoms with Crippen molar-refractivity contribution < 1.29 is 9.53 Å². The van der Waals surface area contributed by atoms with Crippen LogP contribution < -0.4 is 0 Å². The lowest BCUT2D eigenvalue weighted by Gasteiger charge is -2.41. The van der Waals surface area contributed by atoms with Crippen LogP contribution in [-0.2, 0) is 9.53 Å². The Morgan fingerprint density at radius 3 is 2.81 bits per heavy atom. The number of hydrogen-bond acceptors (Lipinski definition) is 3. The van der Waals surface area contributed by atoms with Crippen molar-refractivity contribution in [2.24, 2.45) is 17.8 Å². The van der Waals surface area contributed by atoms with Crippen molar-refractivity contribution in [2.45, 2.75) is 64.3 Å². The van der Waals surface area contributed by atoms with Crippen LogP contribution in [0.2, 0.25) is 0 Å². The molecule has 0 unspecified atom stereocenters. The van der Waals surface area contributed by atoms with E-state index in [1.807, 2.05) is 0 Å². The SMILES string of the molecule is CC[C@@H]1CCC[C@H](CN2CCOC[C@H]2[C@H]2CCCC2=O)C1. The van der Waals surface area contributed by atoms with Gasteiger partial charge in [0.1, 0.15) is 5.78 Å². The summed E-state index contributed by atoms with van der Waals surface area (Å²) in [5.74, 6) is 2.54. The quantitative estimate of drug-likeness (QED) is 0.796. The number of Topliss-reactive ketones (excluding diaryl/α,β-unsaturated/α-hetero) is 1. The fraction of sp³-hybridized carbons (Fsp3) is 0.944. The van der Waals surface area contributed by atoms with Crippen molar-refractivity contribution in [2.75, 3.05) is 26.3 Å². The van der Waals surface area contributed by atoms with Gasteiger partial charge in [0, 0.05) is 31.5 Å². The molecule has 1 heterocycles. The van der Waals surface area contributed by atoms with Gasteiger partial charge in [-0.25, -0.2) is 0 Å². The summed E-state index contributed by atoms with van der Waals surface area (Å²) in [4.78, 5) is 14.7. The molecule has 3 rings (SSSR count). The number of carbonyl (C=O) groups excluding carboxylic acids is 1. The van der Waals surface area contributed by atoms with Crippen molar-refractivity contribution >= 4 is 5.78 Å². The second-order valence-electron chi connectivity index (χ2n) is 7.41. The van der Waals surface area contributed by atoms with Crippen LogP contribution in [0.1, 0.15) is 58.3 Å². The summed E-state index contributed by atoms with van der Waals surface area (Å²) in [5, 5.41) is 0. The van der Waals surface area contributed by atoms with Gasteiger partial charge < -0.3 is 4.74 Å². The summed E-state index contributed by atoms with van der Waals surface area (Å²) in [7, 11) is 0. The van der Waals surface area contributed by atoms with E-state index in [0.29, 0.717) is 11.8 Å². The van der Waals surface area contributed by atoms with Crippen molar-refractivity contribution in [3.63, 3.8) is 0 Å². The van der Waals surface area contributed by atoms with Crippen molar-refractivity contribution in [3.8, 4) is 0 Å². The van der Waals surface area contributed by atoms with Gasteiger partial charge in [-0.1, -0.05) is 26.2 Å². The lowest BCUT2D eigenvalue weighted by molar-refractivity contribution is -0.126. The molecule has 0 spiro atoms. The lowest BCUT2D eigenvalue weighted by Crippen LogP contribution is -2.52. The molecule has 3 nitrogen and oxygen atoms in total. The van der Waals surface area contributed by atoms with Crippen LogP contribution in [0.3, 0.4) is 0 Å². The largest absolute Gasteiger partial charge is 0.378 e. The molecule has 2 aliphatic carbocycles. The van der Waals surface area contributed by atoms with Gasteiger partial charge in [0.05, 0.1) is 13.2 Å². The van der Waals surface area contributed by atoms with Crippen LogP contribution in [0.25, 0.3) is 0 Å². The van der Waals surface area contributed by atoms with E-state index in [-0.39, 0.29) is 5.92 Å². The van der Waals surface area contributed by atoms with Crippen LogP contribution in [0.15, 0.2) is 0 Å². The highest BCUT2D eigenvalue weighted by Gasteiger charge is 2.38. The number of ether oxygens (including phenoxy) is 1. The van der Waals surface area contributed by atoms with Gasteiger partial charge in [-0.05, 0) is 37.5 Å². The maximum absolute atomic E-state index is 12.1. The minimum absolute atomic E-state index is 0.260. The van der Waals surface area contributed by atoms with Crippen molar-refractivity contribution in [1.29, 1.82) is 0 Å². The van der Waals surface area contributed by atoms with E-state index in [2.05, 4.69) is 11.8 Å². The Labute approximate surface area is 129 Å². The average Bonchev–Trinajstić information content (AvgIpc) is 2.94. The Morgan fingerprint density at radius 1 is 1.19 bits per heavy atom. The number of morpholine rings is 1. The highest BCUT2D eigenvalue weighted by atomic mass is 16.5. The first-order valence-electron chi connectivity index (χ1n) is 9.12. The number of ketones is 1. The molecule has 120 valence electrons. The van der Waals surface area contributed by atoms with Crippen LogP contribution in [0.5, 0.6) is 0 Å². The number of hydrogen-bond donors (Lipinski definition) is 0. The smallest absolute Gasteiger partial charge is 0.137 e. The zero-order chi connectivity index (χ0) is 14.7. The molecule has 3 fully saturated rings. The van der Waals surface area contributed by atoms with Gasteiger partial charge in [0.25, 0.3) is 0 Å². The predicted octanol–water partition coefficient (Wildman–Crippen LogP) is 3.27. The Balaban J connectivity index is 1.60. The van der Waals surface area contributed by atoms with E-state index in [4.69, 9.17) is 4.74 Å². The minimum Gasteiger partial charge on any atom is -0.378 e. The van der Waals surface area contributed by atoms with Gasteiger partial charge in [-0.15, -0.1) is 0 Å². The molecule has 0 bridgehead atoms. The molecule has 1 aliphatic heterocycles. The third-order valence-corrected chi connectivity index (χ3v) is 6.06. The van der Waals surface area contributed by atoms with Gasteiger partial charge >= 0.3 is 0 Å². The maximum atomic E-state index is 12.1. The summed E-state index contributed by atoms with van der Waals surface area (Å²) < 4.78 is 5.71. The summed E-state index contributed by atoms with van der Waals surface area (Å²) in [6.07, 6.45) is 9.95. The van der Waals surface area contributed by atoms with Crippen LogP contribution in [0, 0.1) is 17.8 Å². The first-order valence-corrected chi connectivity index (χ1v) is 9.12. The predicted molar refractivity (Wildman–Crippen MR) is 84.3 cm³/mol. The molecule has 0 N–H and O–H groups in total. The Morgan fingerprint density at radius 2 is 2.05 bits per heavy atom. The molecule has 3 aliphatic rings. The third kappa shape index (κ3) is 3.68. The highest BCUT2D eigenvalue weighted by molar-refractivity contribution is 5.83. The zero-order valence-electron chi connectivity index (χ0n) is 13.6. The maximum Gasteiger partial charge on any atom is 0.137 e. The first-order chi connectivity index (χ1) is 10.3. The van der Waals surface area contributed by atoms with Crippen molar-refractivity contribution in [3.05, 3.63) is 0 Å². The van der Waals surface area contributed by atoms with E-state index in [1.54, 1.807) is 0 Å². The highest BCUT2D eigenvalue weighted by Crippen LogP contribution is 2.34. The van der Waals surface area contributed by atoms with E-state index >= 15 is 0 Å². The van der Waals surface area contributed by atoms with Crippen molar-refractivity contribution in [1.82, 2.24) is 4.90 Å². The lowest BCUT2D eigenvalue weighted by atomic mass is 9.79. The molecule has 0 aromatic carbocycles. The molecular weight excluding hydrogens is 262 g/mol. The normalized spacial score (nSPS) is 38.8. The molecule has 0 aromatic rings. The summed E-state index contributed by atoms with van der Waals surface area (Å²) >= 11 is 0. The molecule has 0 amide bonds. The number of rotatable bonds is 4. The fourth-order valence-corrected chi connectivity index (χ4v) is 4.77. The molecule has 1 saturated heterocycles. The molecule has 3 heteroatoms. The van der Waals surface area contributed by atoms with Gasteiger partial charge in [0.2, 0.25) is 0 Å². The molecule has 0 aromatic heterocycles. The van der Waals surface area contributed by atoms with E-state index in [0.717, 1.165) is 50.9 Å². The van der Waals surface area contributed by atoms with Crippen LogP contribution in [-0.4, -0.2) is 43.0 Å². The summed E-state index contributed by atoms with van der Waals surface area (Å²) in [5.41, 5.74) is 0. The van der Waals surface area contributed by atoms with Gasteiger partial charge in [-0.3, -0.25) is 9.69 Å². The van der Waals surface area contributed by atoms with Crippen LogP contribution >= 0.6 is 0 Å². The second-order valence-corrected chi connectivity index (χ2v) is 7.41. The Hall–Kier alpha value is -0.410. The fourth-order valence-electron chi connectivity index (χ4n) is 4.77. The monoisotopic (exact) mass is 293 g/mol. The third-order valence-electron chi connectivity index (χ3n) is 6.06. The summed E-state index contributed by atoms with van der Waals surface area (Å²) in [6, 6.07) is 0.371. The van der Waals surface area contributed by atoms with Crippen LogP contribution in [0.4, 0.5) is 0 Å². The first kappa shape index (κ1) is 15.5. The molecule has 4 atom stereocenters. The zero-order valence-corrected chi connectivity index (χ0v) is 13.6. The topological polar surface area (TPSA) is 29.5 Å². The molecule has 2 saturated carbocycles. The molecule has 0 radical (unpaired) electrons. The average molecular weight is 293 g/mol. The Bertz CT molecular complexity index is 357. The minimum atomic E-state index is 0.260. The van der Waals surface area contributed by atoms with Gasteiger partial charge in [0.15, 0.2) is 0 Å². The Kier molecular flexibility index (Phi) is 5.33. The standard InChI is InChI=1S/C18H31NO2/c1-2-14-5-3-6-15(11-14)12-19-9-10-21-13-17(19)16-7-4-8-18(16)20/h14-17H,2-13H2,1H3/t14-,15+,16-,17+/m1/s1. The van der Waals surface area contributed by atoms with E-state index < -0.39 is 0 Å². The van der Waals surface area contributed by atoms with Gasteiger partial charge in [-0.2, -0.15) is 0 Å². The second kappa shape index (κ2) is 7.23.